The van der Waals surface area contributed by atoms with Crippen molar-refractivity contribution in [1.82, 2.24) is 4.90 Å². The molecule has 2 heterocycles. The predicted octanol–water partition coefficient (Wildman–Crippen LogP) is 2.32. The molecule has 2 fully saturated rings. The molecule has 2 aliphatic rings. The molecule has 1 aromatic rings. The van der Waals surface area contributed by atoms with Gasteiger partial charge < -0.3 is 14.7 Å². The topological polar surface area (TPSA) is 49.8 Å². The molecule has 0 radical (unpaired) electrons. The van der Waals surface area contributed by atoms with E-state index in [2.05, 4.69) is 10.0 Å². The van der Waals surface area contributed by atoms with E-state index in [4.69, 9.17) is 10.3 Å². The molecule has 0 aromatic heterocycles. The molecular formula is C18H25NO3. The minimum Gasteiger partial charge on any atom is -0.462 e. The predicted molar refractivity (Wildman–Crippen MR) is 84.6 cm³/mol. The minimum atomic E-state index is -2.27. The molecule has 1 aromatic carbocycles. The highest BCUT2D eigenvalue weighted by molar-refractivity contribution is 5.79. The molecule has 0 saturated carbocycles. The van der Waals surface area contributed by atoms with E-state index in [9.17, 15) is 4.79 Å². The van der Waals surface area contributed by atoms with Gasteiger partial charge in [0.15, 0.2) is 0 Å². The molecule has 4 unspecified atom stereocenters. The van der Waals surface area contributed by atoms with Crippen LogP contribution in [0.2, 0.25) is 0 Å². The van der Waals surface area contributed by atoms with Gasteiger partial charge in [-0.15, -0.1) is 0 Å². The lowest BCUT2D eigenvalue weighted by Gasteiger charge is -2.36. The minimum absolute atomic E-state index is 0.186. The maximum Gasteiger partial charge on any atom is 0.316 e. The number of hydrogen-bond donors (Lipinski definition) is 1. The number of ether oxygens (including phenoxy) is 1. The van der Waals surface area contributed by atoms with Crippen LogP contribution < -0.4 is 0 Å². The van der Waals surface area contributed by atoms with E-state index in [1.165, 1.54) is 19.1 Å². The first kappa shape index (κ1) is 11.2. The smallest absolute Gasteiger partial charge is 0.316 e. The molecule has 2 bridgehead atoms. The summed E-state index contributed by atoms with van der Waals surface area (Å²) in [6, 6.07) is 8.48. The third kappa shape index (κ3) is 3.03. The number of hydrogen-bond acceptors (Lipinski definition) is 4. The third-order valence-corrected chi connectivity index (χ3v) is 4.77. The molecule has 3 rings (SSSR count). The van der Waals surface area contributed by atoms with E-state index in [0.29, 0.717) is 12.8 Å². The number of piperidine rings is 1. The molecule has 0 aliphatic carbocycles. The summed E-state index contributed by atoms with van der Waals surface area (Å²) in [7, 11) is 2.03. The Kier molecular flexibility index (Phi) is 3.25. The van der Waals surface area contributed by atoms with Crippen LogP contribution in [0.4, 0.5) is 0 Å². The van der Waals surface area contributed by atoms with Crippen LogP contribution >= 0.6 is 0 Å². The van der Waals surface area contributed by atoms with Crippen molar-refractivity contribution in [2.45, 2.75) is 62.7 Å². The Morgan fingerprint density at radius 3 is 2.64 bits per heavy atom. The van der Waals surface area contributed by atoms with Crippen molar-refractivity contribution in [3.63, 3.8) is 0 Å². The van der Waals surface area contributed by atoms with Crippen LogP contribution in [-0.2, 0) is 9.53 Å². The SMILES string of the molecule is [2H]OC([2H])(C)C([2H])(C(=O)OC1([2H])CC2CC[C@H](C1)N2C)c1ccccc1. The number of carbonyl (C=O) groups is 1. The van der Waals surface area contributed by atoms with E-state index in [0.717, 1.165) is 12.8 Å². The molecule has 4 nitrogen and oxygen atoms in total. The second-order valence-corrected chi connectivity index (χ2v) is 6.18. The van der Waals surface area contributed by atoms with E-state index >= 15 is 0 Å². The fraction of sp³-hybridized carbons (Fsp3) is 0.611. The summed E-state index contributed by atoms with van der Waals surface area (Å²) < 4.78 is 38.4. The van der Waals surface area contributed by atoms with Gasteiger partial charge in [-0.3, -0.25) is 4.79 Å². The average molecular weight is 307 g/mol. The Bertz CT molecular complexity index is 658. The van der Waals surface area contributed by atoms with Crippen molar-refractivity contribution in [3.05, 3.63) is 35.9 Å². The van der Waals surface area contributed by atoms with Crippen LogP contribution in [0, 0.1) is 0 Å². The number of fused-ring (bicyclic) bond motifs is 2. The van der Waals surface area contributed by atoms with Crippen LogP contribution in [0.5, 0.6) is 0 Å². The zero-order valence-electron chi connectivity index (χ0n) is 17.0. The Balaban J connectivity index is 1.90. The van der Waals surface area contributed by atoms with Crippen molar-refractivity contribution in [1.29, 1.82) is 1.43 Å². The summed E-state index contributed by atoms with van der Waals surface area (Å²) in [5, 5.41) is 4.43. The van der Waals surface area contributed by atoms with Crippen molar-refractivity contribution in [2.75, 3.05) is 7.05 Å². The summed E-state index contributed by atoms with van der Waals surface area (Å²) in [4.78, 5) is 15.3. The molecule has 1 N–H and O–H groups in total. The highest BCUT2D eigenvalue weighted by Crippen LogP contribution is 2.36. The number of nitrogens with zero attached hydrogens (tertiary/aromatic N) is 1. The molecule has 120 valence electrons. The lowest BCUT2D eigenvalue weighted by atomic mass is 9.94. The summed E-state index contributed by atoms with van der Waals surface area (Å²) in [6.07, 6.45) is -0.910. The molecule has 0 spiro atoms. The molecule has 5 atom stereocenters. The fourth-order valence-electron chi connectivity index (χ4n) is 3.53. The van der Waals surface area contributed by atoms with Gasteiger partial charge >= 0.3 is 5.97 Å². The quantitative estimate of drug-likeness (QED) is 0.848. The van der Waals surface area contributed by atoms with Gasteiger partial charge in [-0.1, -0.05) is 30.3 Å². The highest BCUT2D eigenvalue weighted by atomic mass is 16.5. The van der Waals surface area contributed by atoms with Crippen LogP contribution in [-0.4, -0.2) is 48.7 Å². The number of carbonyl (C=O) groups excluding carboxylic acids is 1. The van der Waals surface area contributed by atoms with Gasteiger partial charge in [0.05, 0.1) is 8.82 Å². The summed E-state index contributed by atoms with van der Waals surface area (Å²) in [6.45, 7) is 1.19. The van der Waals surface area contributed by atoms with Crippen molar-refractivity contribution < 1.29 is 18.8 Å². The Hall–Kier alpha value is -1.39. The average Bonchev–Trinajstić information content (AvgIpc) is 2.83. The Morgan fingerprint density at radius 2 is 2.05 bits per heavy atom. The first-order valence-electron chi connectivity index (χ1n) is 9.69. The summed E-state index contributed by atoms with van der Waals surface area (Å²) >= 11 is 0. The monoisotopic (exact) mass is 307 g/mol. The third-order valence-electron chi connectivity index (χ3n) is 4.77. The van der Waals surface area contributed by atoms with E-state index < -0.39 is 24.0 Å². The van der Waals surface area contributed by atoms with Crippen LogP contribution in [0.3, 0.4) is 0 Å². The second-order valence-electron chi connectivity index (χ2n) is 6.18. The first-order valence-corrected chi connectivity index (χ1v) is 7.78. The van der Waals surface area contributed by atoms with Crippen molar-refractivity contribution >= 4 is 5.97 Å². The lowest BCUT2D eigenvalue weighted by Crippen LogP contribution is -2.44. The van der Waals surface area contributed by atoms with E-state index in [1.807, 2.05) is 7.05 Å². The number of rotatable bonds is 5. The largest absolute Gasteiger partial charge is 0.462 e. The van der Waals surface area contributed by atoms with Gasteiger partial charge in [-0.05, 0) is 45.2 Å². The fourth-order valence-corrected chi connectivity index (χ4v) is 3.53. The van der Waals surface area contributed by atoms with E-state index in [-0.39, 0.29) is 17.6 Å². The standard InChI is InChI=1S/C18H25NO3/c1-12(20)17(13-6-4-3-5-7-13)18(21)22-16-10-14-8-9-15(11-16)19(14)2/h3-7,12,14-17,20H,8-11H2,1-2H3/t12?,14-,15?,16?,17?/m1/s1/i12D,16D,17D,20D. The van der Waals surface area contributed by atoms with Gasteiger partial charge in [-0.2, -0.15) is 0 Å². The number of aliphatic hydroxyl groups is 1. The van der Waals surface area contributed by atoms with Gasteiger partial charge in [0.1, 0.15) is 12.0 Å². The summed E-state index contributed by atoms with van der Waals surface area (Å²) in [5.41, 5.74) is 0.203. The van der Waals surface area contributed by atoms with Crippen LogP contribution in [0.1, 0.15) is 48.2 Å². The molecule has 0 amide bonds. The Labute approximate surface area is 137 Å². The van der Waals surface area contributed by atoms with Gasteiger partial charge in [0, 0.05) is 13.5 Å². The van der Waals surface area contributed by atoms with Gasteiger partial charge in [-0.25, -0.2) is 0 Å². The lowest BCUT2D eigenvalue weighted by molar-refractivity contribution is -0.156. The van der Waals surface area contributed by atoms with Gasteiger partial charge in [0.2, 0.25) is 1.43 Å². The normalized spacial score (nSPS) is 39.5. The molecule has 22 heavy (non-hydrogen) atoms. The van der Waals surface area contributed by atoms with Gasteiger partial charge in [0.25, 0.3) is 0 Å². The number of benzene rings is 1. The maximum atomic E-state index is 13.0. The Morgan fingerprint density at radius 1 is 1.41 bits per heavy atom. The zero-order chi connectivity index (χ0) is 19.2. The summed E-state index contributed by atoms with van der Waals surface area (Å²) in [5.74, 6) is -3.29. The van der Waals surface area contributed by atoms with Crippen LogP contribution in [0.15, 0.2) is 30.3 Å². The first-order chi connectivity index (χ1) is 12.1. The maximum absolute atomic E-state index is 13.0. The van der Waals surface area contributed by atoms with Crippen molar-refractivity contribution in [2.24, 2.45) is 0 Å². The second kappa shape index (κ2) is 6.39. The highest BCUT2D eigenvalue weighted by Gasteiger charge is 2.40. The molecule has 2 aliphatic heterocycles. The molecular weight excluding hydrogens is 278 g/mol. The van der Waals surface area contributed by atoms with Crippen molar-refractivity contribution in [3.8, 4) is 0 Å². The molecule has 4 heteroatoms. The zero-order valence-corrected chi connectivity index (χ0v) is 13.0. The van der Waals surface area contributed by atoms with E-state index in [1.54, 1.807) is 18.2 Å². The molecule has 2 saturated heterocycles. The van der Waals surface area contributed by atoms with Crippen LogP contribution in [0.25, 0.3) is 0 Å². The number of esters is 1.